The Morgan fingerprint density at radius 1 is 1.24 bits per heavy atom. The monoisotopic (exact) mass is 244 g/mol. The van der Waals surface area contributed by atoms with E-state index >= 15 is 0 Å². The highest BCUT2D eigenvalue weighted by molar-refractivity contribution is 5.78. The zero-order chi connectivity index (χ0) is 13.6. The van der Waals surface area contributed by atoms with Gasteiger partial charge >= 0.3 is 0 Å². The molecule has 0 rings (SSSR count). The fourth-order valence-electron chi connectivity index (χ4n) is 2.33. The maximum atomic E-state index is 11.8. The lowest BCUT2D eigenvalue weighted by Crippen LogP contribution is -2.52. The van der Waals surface area contributed by atoms with E-state index in [1.807, 2.05) is 39.5 Å². The van der Waals surface area contributed by atoms with Crippen molar-refractivity contribution in [3.8, 4) is 0 Å². The second kappa shape index (κ2) is 7.67. The molecular formula is C13H28N2O2. The minimum atomic E-state index is -0.713. The van der Waals surface area contributed by atoms with Crippen molar-refractivity contribution < 1.29 is 9.90 Å². The molecule has 0 aliphatic rings. The molecule has 0 aliphatic heterocycles. The van der Waals surface area contributed by atoms with Crippen LogP contribution in [0, 0.1) is 5.92 Å². The van der Waals surface area contributed by atoms with Crippen molar-refractivity contribution in [3.05, 3.63) is 0 Å². The summed E-state index contributed by atoms with van der Waals surface area (Å²) in [5, 5.41) is 13.0. The number of nitrogens with zero attached hydrogens (tertiary/aromatic N) is 1. The van der Waals surface area contributed by atoms with Gasteiger partial charge < -0.3 is 10.4 Å². The number of carbonyl (C=O) groups excluding carboxylic acids is 1. The van der Waals surface area contributed by atoms with Crippen LogP contribution in [0.15, 0.2) is 0 Å². The lowest BCUT2D eigenvalue weighted by atomic mass is 9.98. The Morgan fingerprint density at radius 3 is 2.00 bits per heavy atom. The summed E-state index contributed by atoms with van der Waals surface area (Å²) in [5.74, 6) is -0.430. The van der Waals surface area contributed by atoms with Gasteiger partial charge in [-0.3, -0.25) is 9.69 Å². The Morgan fingerprint density at radius 2 is 1.71 bits per heavy atom. The molecule has 0 radical (unpaired) electrons. The SMILES string of the molecule is CCCC(C(=O)NC)C(O)N(C(C)C)C(C)C. The molecule has 1 amide bonds. The first-order valence-electron chi connectivity index (χ1n) is 6.53. The number of nitrogens with one attached hydrogen (secondary N) is 1. The Kier molecular flexibility index (Phi) is 7.39. The average molecular weight is 244 g/mol. The molecule has 17 heavy (non-hydrogen) atoms. The standard InChI is InChI=1S/C13H28N2O2/c1-7-8-11(12(16)14-6)13(17)15(9(2)3)10(4)5/h9-11,13,17H,7-8H2,1-6H3,(H,14,16). The quantitative estimate of drug-likeness (QED) is 0.669. The lowest BCUT2D eigenvalue weighted by molar-refractivity contribution is -0.138. The molecule has 0 saturated heterocycles. The molecule has 0 aromatic heterocycles. The smallest absolute Gasteiger partial charge is 0.226 e. The van der Waals surface area contributed by atoms with Crippen LogP contribution in [0.1, 0.15) is 47.5 Å². The van der Waals surface area contributed by atoms with E-state index in [1.54, 1.807) is 7.05 Å². The van der Waals surface area contributed by atoms with E-state index < -0.39 is 6.23 Å². The zero-order valence-corrected chi connectivity index (χ0v) is 12.0. The first kappa shape index (κ1) is 16.4. The molecule has 0 aliphatic carbocycles. The highest BCUT2D eigenvalue weighted by Gasteiger charge is 2.32. The molecule has 0 spiro atoms. The van der Waals surface area contributed by atoms with Crippen LogP contribution in [-0.2, 0) is 4.79 Å². The molecule has 4 heteroatoms. The Labute approximate surface area is 105 Å². The van der Waals surface area contributed by atoms with Gasteiger partial charge in [0.2, 0.25) is 5.91 Å². The molecule has 4 nitrogen and oxygen atoms in total. The number of aliphatic hydroxyl groups is 1. The summed E-state index contributed by atoms with van der Waals surface area (Å²) in [4.78, 5) is 13.8. The predicted octanol–water partition coefficient (Wildman–Crippen LogP) is 1.59. The summed E-state index contributed by atoms with van der Waals surface area (Å²) in [6.45, 7) is 10.2. The molecular weight excluding hydrogens is 216 g/mol. The van der Waals surface area contributed by atoms with Gasteiger partial charge in [0.1, 0.15) is 6.23 Å². The van der Waals surface area contributed by atoms with Crippen LogP contribution in [0.5, 0.6) is 0 Å². The number of carbonyl (C=O) groups is 1. The summed E-state index contributed by atoms with van der Waals surface area (Å²) in [6, 6.07) is 0.433. The molecule has 2 atom stereocenters. The predicted molar refractivity (Wildman–Crippen MR) is 70.6 cm³/mol. The molecule has 2 unspecified atom stereocenters. The number of hydrogen-bond acceptors (Lipinski definition) is 3. The number of amides is 1. The van der Waals surface area contributed by atoms with Crippen LogP contribution in [-0.4, -0.2) is 41.3 Å². The molecule has 0 saturated carbocycles. The molecule has 0 heterocycles. The van der Waals surface area contributed by atoms with Crippen molar-refractivity contribution in [2.24, 2.45) is 5.92 Å². The maximum absolute atomic E-state index is 11.8. The van der Waals surface area contributed by atoms with Crippen LogP contribution >= 0.6 is 0 Å². The minimum absolute atomic E-state index is 0.0781. The second-order valence-electron chi connectivity index (χ2n) is 5.06. The van der Waals surface area contributed by atoms with Crippen LogP contribution in [0.2, 0.25) is 0 Å². The van der Waals surface area contributed by atoms with Crippen LogP contribution in [0.4, 0.5) is 0 Å². The molecule has 2 N–H and O–H groups in total. The minimum Gasteiger partial charge on any atom is -0.378 e. The van der Waals surface area contributed by atoms with E-state index in [0.29, 0.717) is 6.42 Å². The van der Waals surface area contributed by atoms with Crippen molar-refractivity contribution in [2.75, 3.05) is 7.05 Å². The van der Waals surface area contributed by atoms with E-state index in [0.717, 1.165) is 6.42 Å². The van der Waals surface area contributed by atoms with E-state index in [-0.39, 0.29) is 23.9 Å². The Bertz CT molecular complexity index is 221. The normalized spacial score (nSPS) is 15.4. The van der Waals surface area contributed by atoms with Gasteiger partial charge in [0.15, 0.2) is 0 Å². The second-order valence-corrected chi connectivity index (χ2v) is 5.06. The summed E-state index contributed by atoms with van der Waals surface area (Å²) < 4.78 is 0. The van der Waals surface area contributed by atoms with Crippen molar-refractivity contribution in [2.45, 2.75) is 65.8 Å². The number of rotatable bonds is 7. The number of hydrogen-bond donors (Lipinski definition) is 2. The summed E-state index contributed by atoms with van der Waals surface area (Å²) in [5.41, 5.74) is 0. The van der Waals surface area contributed by atoms with Crippen molar-refractivity contribution in [1.29, 1.82) is 0 Å². The van der Waals surface area contributed by atoms with Gasteiger partial charge in [-0.25, -0.2) is 0 Å². The fourth-order valence-corrected chi connectivity index (χ4v) is 2.33. The summed E-state index contributed by atoms with van der Waals surface area (Å²) in [7, 11) is 1.62. The van der Waals surface area contributed by atoms with Crippen molar-refractivity contribution >= 4 is 5.91 Å². The largest absolute Gasteiger partial charge is 0.378 e. The topological polar surface area (TPSA) is 52.6 Å². The molecule has 0 fully saturated rings. The van der Waals surface area contributed by atoms with Gasteiger partial charge in [0.25, 0.3) is 0 Å². The fraction of sp³-hybridized carbons (Fsp3) is 0.923. The van der Waals surface area contributed by atoms with Gasteiger partial charge in [-0.15, -0.1) is 0 Å². The van der Waals surface area contributed by atoms with Gasteiger partial charge in [0, 0.05) is 19.1 Å². The van der Waals surface area contributed by atoms with Gasteiger partial charge in [-0.2, -0.15) is 0 Å². The molecule has 0 bridgehead atoms. The molecule has 102 valence electrons. The molecule has 0 aromatic rings. The van der Waals surface area contributed by atoms with E-state index in [4.69, 9.17) is 0 Å². The number of aliphatic hydroxyl groups excluding tert-OH is 1. The van der Waals surface area contributed by atoms with Crippen LogP contribution in [0.3, 0.4) is 0 Å². The third-order valence-corrected chi connectivity index (χ3v) is 3.04. The molecule has 0 aromatic carbocycles. The highest BCUT2D eigenvalue weighted by atomic mass is 16.3. The van der Waals surface area contributed by atoms with Crippen LogP contribution in [0.25, 0.3) is 0 Å². The first-order valence-corrected chi connectivity index (χ1v) is 6.53. The Hall–Kier alpha value is -0.610. The van der Waals surface area contributed by atoms with Crippen LogP contribution < -0.4 is 5.32 Å². The lowest BCUT2D eigenvalue weighted by Gasteiger charge is -2.38. The van der Waals surface area contributed by atoms with E-state index in [2.05, 4.69) is 5.32 Å². The third-order valence-electron chi connectivity index (χ3n) is 3.04. The van der Waals surface area contributed by atoms with Crippen molar-refractivity contribution in [1.82, 2.24) is 10.2 Å². The summed E-state index contributed by atoms with van der Waals surface area (Å²) in [6.07, 6.45) is 0.880. The zero-order valence-electron chi connectivity index (χ0n) is 12.0. The first-order chi connectivity index (χ1) is 7.86. The maximum Gasteiger partial charge on any atom is 0.226 e. The third kappa shape index (κ3) is 4.64. The van der Waals surface area contributed by atoms with Gasteiger partial charge in [0.05, 0.1) is 5.92 Å². The van der Waals surface area contributed by atoms with E-state index in [9.17, 15) is 9.90 Å². The van der Waals surface area contributed by atoms with Gasteiger partial charge in [-0.05, 0) is 34.1 Å². The van der Waals surface area contributed by atoms with Gasteiger partial charge in [-0.1, -0.05) is 13.3 Å². The Balaban J connectivity index is 4.89. The highest BCUT2D eigenvalue weighted by Crippen LogP contribution is 2.20. The van der Waals surface area contributed by atoms with E-state index in [1.165, 1.54) is 0 Å². The average Bonchev–Trinajstić information content (AvgIpc) is 2.23. The van der Waals surface area contributed by atoms with Crippen molar-refractivity contribution in [3.63, 3.8) is 0 Å². The summed E-state index contributed by atoms with van der Waals surface area (Å²) >= 11 is 0.